The molecule has 8 heteroatoms. The van der Waals surface area contributed by atoms with Gasteiger partial charge in [0.25, 0.3) is 0 Å². The van der Waals surface area contributed by atoms with E-state index in [0.29, 0.717) is 37.4 Å². The Kier molecular flexibility index (Phi) is 8.11. The Morgan fingerprint density at radius 3 is 2.61 bits per heavy atom. The second kappa shape index (κ2) is 10.9. The van der Waals surface area contributed by atoms with Crippen molar-refractivity contribution >= 4 is 11.8 Å². The number of ether oxygens (including phenoxy) is 4. The first-order valence-corrected chi connectivity index (χ1v) is 14.7. The van der Waals surface area contributed by atoms with Crippen molar-refractivity contribution in [2.24, 2.45) is 28.6 Å². The van der Waals surface area contributed by atoms with Crippen LogP contribution < -0.4 is 0 Å². The zero-order valence-corrected chi connectivity index (χ0v) is 23.4. The first kappa shape index (κ1) is 28.2. The standard InChI is InChI=1S/C30H46O8/c1-17-28(34)24(35-4)15-27(37-17)38-20-9-11-29(2)19(14-20)5-7-23(31)22(29)10-12-30(3)21(6-8-25(30)32)18-13-26(33)36-16-18/h16-17,19-22,24-25,27-28,32,34H,5-15H2,1-4H3/t17-,19-,20+,21-,22-,24+,25+,27-,28+,29+,30+/m1/s1. The molecule has 8 nitrogen and oxygen atoms in total. The molecule has 0 unspecified atom stereocenters. The number of fused-ring (bicyclic) bond motifs is 1. The molecule has 11 atom stereocenters. The number of aliphatic hydroxyl groups excluding tert-OH is 2. The van der Waals surface area contributed by atoms with E-state index >= 15 is 0 Å². The maximum absolute atomic E-state index is 13.3. The van der Waals surface area contributed by atoms with Crippen LogP contribution in [-0.4, -0.2) is 65.9 Å². The van der Waals surface area contributed by atoms with Gasteiger partial charge in [-0.1, -0.05) is 13.8 Å². The number of Topliss-reactive ketones (excluding diaryl/α,β-unsaturated/α-hetero) is 1. The van der Waals surface area contributed by atoms with Gasteiger partial charge < -0.3 is 29.2 Å². The van der Waals surface area contributed by atoms with E-state index in [9.17, 15) is 19.8 Å². The topological polar surface area (TPSA) is 112 Å². The van der Waals surface area contributed by atoms with Gasteiger partial charge in [-0.15, -0.1) is 0 Å². The Hall–Kier alpha value is -1.32. The van der Waals surface area contributed by atoms with Gasteiger partial charge in [0, 0.05) is 31.3 Å². The van der Waals surface area contributed by atoms with Gasteiger partial charge in [0.2, 0.25) is 0 Å². The summed E-state index contributed by atoms with van der Waals surface area (Å²) in [7, 11) is 1.61. The fourth-order valence-corrected chi connectivity index (χ4v) is 8.52. The number of ketones is 1. The molecule has 3 aliphatic carbocycles. The molecule has 2 N–H and O–H groups in total. The number of carbonyl (C=O) groups is 2. The first-order valence-electron chi connectivity index (χ1n) is 14.7. The average molecular weight is 535 g/mol. The Bertz CT molecular complexity index is 933. The van der Waals surface area contributed by atoms with Gasteiger partial charge in [-0.2, -0.15) is 0 Å². The Morgan fingerprint density at radius 2 is 1.89 bits per heavy atom. The maximum atomic E-state index is 13.3. The summed E-state index contributed by atoms with van der Waals surface area (Å²) >= 11 is 0. The van der Waals surface area contributed by atoms with Gasteiger partial charge in [0.15, 0.2) is 6.29 Å². The highest BCUT2D eigenvalue weighted by Crippen LogP contribution is 2.57. The molecular weight excluding hydrogens is 488 g/mol. The SMILES string of the molecule is CO[C@H]1C[C@@H](O[C@H]2CC[C@@]3(C)[C@H](CCC(=O)[C@H]3CC[C@@]3(C)[C@@H](C4=COC(=O)C4)CC[C@@H]3O)C2)O[C@H](C)[C@@H]1O. The molecule has 5 rings (SSSR count). The third kappa shape index (κ3) is 5.12. The lowest BCUT2D eigenvalue weighted by molar-refractivity contribution is -0.269. The minimum absolute atomic E-state index is 0.0260. The van der Waals surface area contributed by atoms with Gasteiger partial charge in [-0.3, -0.25) is 9.59 Å². The molecule has 0 aromatic heterocycles. The summed E-state index contributed by atoms with van der Waals surface area (Å²) in [4.78, 5) is 25.1. The molecule has 2 heterocycles. The molecule has 0 aromatic rings. The molecule has 0 spiro atoms. The lowest BCUT2D eigenvalue weighted by Gasteiger charge is -2.52. The van der Waals surface area contributed by atoms with Crippen LogP contribution in [0.2, 0.25) is 0 Å². The summed E-state index contributed by atoms with van der Waals surface area (Å²) in [6.45, 7) is 6.27. The van der Waals surface area contributed by atoms with Gasteiger partial charge in [0.1, 0.15) is 11.9 Å². The zero-order valence-electron chi connectivity index (χ0n) is 23.4. The van der Waals surface area contributed by atoms with E-state index < -0.39 is 18.5 Å². The Balaban J connectivity index is 1.23. The van der Waals surface area contributed by atoms with E-state index in [1.807, 2.05) is 6.92 Å². The molecule has 38 heavy (non-hydrogen) atoms. The molecule has 0 radical (unpaired) electrons. The quantitative estimate of drug-likeness (QED) is 0.372. The van der Waals surface area contributed by atoms with E-state index in [2.05, 4.69) is 13.8 Å². The second-order valence-electron chi connectivity index (χ2n) is 13.1. The molecule has 4 fully saturated rings. The van der Waals surface area contributed by atoms with Gasteiger partial charge >= 0.3 is 5.97 Å². The van der Waals surface area contributed by atoms with Crippen molar-refractivity contribution in [3.05, 3.63) is 11.8 Å². The third-order valence-electron chi connectivity index (χ3n) is 11.1. The van der Waals surface area contributed by atoms with Crippen molar-refractivity contribution < 1.29 is 38.7 Å². The van der Waals surface area contributed by atoms with Crippen molar-refractivity contribution in [2.45, 2.75) is 128 Å². The molecule has 1 saturated heterocycles. The summed E-state index contributed by atoms with van der Waals surface area (Å²) in [5.74, 6) is 0.622. The van der Waals surface area contributed by atoms with Crippen LogP contribution in [0.15, 0.2) is 11.8 Å². The van der Waals surface area contributed by atoms with Crippen LogP contribution in [0.5, 0.6) is 0 Å². The monoisotopic (exact) mass is 534 g/mol. The summed E-state index contributed by atoms with van der Waals surface area (Å²) in [5, 5.41) is 21.3. The molecule has 3 saturated carbocycles. The van der Waals surface area contributed by atoms with Crippen LogP contribution in [-0.2, 0) is 28.5 Å². The van der Waals surface area contributed by atoms with Crippen molar-refractivity contribution in [1.82, 2.24) is 0 Å². The van der Waals surface area contributed by atoms with E-state index in [1.54, 1.807) is 13.4 Å². The van der Waals surface area contributed by atoms with E-state index in [4.69, 9.17) is 18.9 Å². The average Bonchev–Trinajstić information content (AvgIpc) is 3.43. The number of cyclic esters (lactones) is 1. The minimum atomic E-state index is -0.655. The van der Waals surface area contributed by atoms with Crippen molar-refractivity contribution in [1.29, 1.82) is 0 Å². The highest BCUT2D eigenvalue weighted by atomic mass is 16.7. The van der Waals surface area contributed by atoms with Crippen LogP contribution in [0, 0.1) is 28.6 Å². The summed E-state index contributed by atoms with van der Waals surface area (Å²) in [5.41, 5.74) is 0.553. The van der Waals surface area contributed by atoms with E-state index in [1.165, 1.54) is 0 Å². The fourth-order valence-electron chi connectivity index (χ4n) is 8.52. The highest BCUT2D eigenvalue weighted by molar-refractivity contribution is 5.82. The number of aliphatic hydroxyl groups is 2. The molecular formula is C30H46O8. The maximum Gasteiger partial charge on any atom is 0.314 e. The van der Waals surface area contributed by atoms with Crippen molar-refractivity contribution in [3.63, 3.8) is 0 Å². The Morgan fingerprint density at radius 1 is 1.11 bits per heavy atom. The molecule has 5 aliphatic rings. The third-order valence-corrected chi connectivity index (χ3v) is 11.1. The van der Waals surface area contributed by atoms with E-state index in [0.717, 1.165) is 50.5 Å². The molecule has 214 valence electrons. The predicted octanol–water partition coefficient (Wildman–Crippen LogP) is 4.06. The number of carbonyl (C=O) groups excluding carboxylic acids is 2. The largest absolute Gasteiger partial charge is 0.434 e. The molecule has 0 amide bonds. The zero-order chi connectivity index (χ0) is 27.2. The van der Waals surface area contributed by atoms with E-state index in [-0.39, 0.29) is 46.9 Å². The number of hydrogen-bond donors (Lipinski definition) is 2. The summed E-state index contributed by atoms with van der Waals surface area (Å²) < 4.78 is 22.9. The van der Waals surface area contributed by atoms with Crippen molar-refractivity contribution in [3.8, 4) is 0 Å². The van der Waals surface area contributed by atoms with Crippen molar-refractivity contribution in [2.75, 3.05) is 7.11 Å². The molecule has 2 aliphatic heterocycles. The van der Waals surface area contributed by atoms with Crippen LogP contribution in [0.25, 0.3) is 0 Å². The fraction of sp³-hybridized carbons (Fsp3) is 0.867. The smallest absolute Gasteiger partial charge is 0.314 e. The lowest BCUT2D eigenvalue weighted by atomic mass is 9.53. The van der Waals surface area contributed by atoms with Crippen LogP contribution in [0.4, 0.5) is 0 Å². The number of hydrogen-bond acceptors (Lipinski definition) is 8. The summed E-state index contributed by atoms with van der Waals surface area (Å²) in [6.07, 6.45) is 7.64. The molecule has 0 bridgehead atoms. The van der Waals surface area contributed by atoms with Gasteiger partial charge in [0.05, 0.1) is 37.1 Å². The van der Waals surface area contributed by atoms with Crippen LogP contribution in [0.1, 0.15) is 91.4 Å². The predicted molar refractivity (Wildman–Crippen MR) is 139 cm³/mol. The number of esters is 1. The Labute approximate surface area is 226 Å². The summed E-state index contributed by atoms with van der Waals surface area (Å²) in [6, 6.07) is 0. The second-order valence-corrected chi connectivity index (χ2v) is 13.1. The normalized spacial score (nSPS) is 47.5. The van der Waals surface area contributed by atoms with Gasteiger partial charge in [-0.05, 0) is 81.1 Å². The van der Waals surface area contributed by atoms with Crippen LogP contribution in [0.3, 0.4) is 0 Å². The number of methoxy groups -OCH3 is 1. The lowest BCUT2D eigenvalue weighted by Crippen LogP contribution is -2.52. The number of rotatable bonds is 7. The van der Waals surface area contributed by atoms with Gasteiger partial charge in [-0.25, -0.2) is 0 Å². The highest BCUT2D eigenvalue weighted by Gasteiger charge is 2.53. The minimum Gasteiger partial charge on any atom is -0.434 e. The molecule has 0 aromatic carbocycles. The van der Waals surface area contributed by atoms with Crippen LogP contribution >= 0.6 is 0 Å². The first-order chi connectivity index (χ1) is 18.0.